The largest absolute Gasteiger partial charge is 0.293 e. The van der Waals surface area contributed by atoms with Gasteiger partial charge in [0.2, 0.25) is 0 Å². The molecule has 0 unspecified atom stereocenters. The van der Waals surface area contributed by atoms with E-state index in [0.29, 0.717) is 0 Å². The minimum absolute atomic E-state index is 0.918. The highest BCUT2D eigenvalue weighted by molar-refractivity contribution is 7.99. The lowest BCUT2D eigenvalue weighted by Gasteiger charge is -2.28. The molecule has 2 heterocycles. The molecule has 1 aliphatic heterocycles. The van der Waals surface area contributed by atoms with E-state index in [1.54, 1.807) is 0 Å². The van der Waals surface area contributed by atoms with Gasteiger partial charge in [-0.3, -0.25) is 4.90 Å². The number of rotatable bonds is 8. The van der Waals surface area contributed by atoms with Crippen LogP contribution in [0.25, 0.3) is 0 Å². The van der Waals surface area contributed by atoms with Crippen molar-refractivity contribution in [3.8, 4) is 0 Å². The number of thioether (sulfide) groups is 1. The average molecular weight is 356 g/mol. The molecule has 4 heteroatoms. The van der Waals surface area contributed by atoms with Crippen molar-refractivity contribution < 1.29 is 0 Å². The highest BCUT2D eigenvalue weighted by atomic mass is 32.2. The molecule has 1 aromatic heterocycles. The Labute approximate surface area is 156 Å². The summed E-state index contributed by atoms with van der Waals surface area (Å²) < 4.78 is 0. The summed E-state index contributed by atoms with van der Waals surface area (Å²) in [5, 5.41) is 0.948. The third kappa shape index (κ3) is 5.55. The van der Waals surface area contributed by atoms with Crippen LogP contribution in [-0.2, 0) is 19.5 Å². The van der Waals surface area contributed by atoms with Crippen molar-refractivity contribution in [2.75, 3.05) is 12.3 Å². The zero-order valence-electron chi connectivity index (χ0n) is 15.5. The first kappa shape index (κ1) is 18.4. The lowest BCUT2D eigenvalue weighted by atomic mass is 10.00. The van der Waals surface area contributed by atoms with E-state index in [0.717, 1.165) is 48.4 Å². The molecule has 0 bridgehead atoms. The molecule has 1 aromatic carbocycles. The van der Waals surface area contributed by atoms with Gasteiger partial charge in [0.05, 0.1) is 5.69 Å². The Hall–Kier alpha value is -1.39. The number of aryl methyl sites for hydroxylation is 1. The molecule has 0 saturated heterocycles. The first-order valence-corrected chi connectivity index (χ1v) is 10.5. The SMILES string of the molecule is CCCCCCSc1nc(C)cc(CN2CCc3ccccc3C2)n1. The first-order valence-electron chi connectivity index (χ1n) is 9.51. The Balaban J connectivity index is 1.57. The molecule has 0 fully saturated rings. The molecule has 0 atom stereocenters. The summed E-state index contributed by atoms with van der Waals surface area (Å²) in [7, 11) is 0. The lowest BCUT2D eigenvalue weighted by molar-refractivity contribution is 0.242. The number of fused-ring (bicyclic) bond motifs is 1. The summed E-state index contributed by atoms with van der Waals surface area (Å²) in [6.07, 6.45) is 6.33. The fourth-order valence-electron chi connectivity index (χ4n) is 3.36. The highest BCUT2D eigenvalue weighted by Crippen LogP contribution is 2.21. The molecule has 0 spiro atoms. The molecular formula is C21H29N3S. The fraction of sp³-hybridized carbons (Fsp3) is 0.524. The van der Waals surface area contributed by atoms with Crippen LogP contribution in [-0.4, -0.2) is 27.2 Å². The standard InChI is InChI=1S/C21H29N3S/c1-3-4-5-8-13-25-21-22-17(2)14-20(23-21)16-24-12-11-18-9-6-7-10-19(18)15-24/h6-7,9-10,14H,3-5,8,11-13,15-16H2,1-2H3. The quantitative estimate of drug-likeness (QED) is 0.378. The van der Waals surface area contributed by atoms with Crippen LogP contribution in [0.2, 0.25) is 0 Å². The van der Waals surface area contributed by atoms with E-state index in [4.69, 9.17) is 4.98 Å². The number of hydrogen-bond donors (Lipinski definition) is 0. The van der Waals surface area contributed by atoms with Crippen molar-refractivity contribution in [3.05, 3.63) is 52.8 Å². The molecule has 25 heavy (non-hydrogen) atoms. The minimum Gasteiger partial charge on any atom is -0.293 e. The fourth-order valence-corrected chi connectivity index (χ4v) is 4.28. The third-order valence-electron chi connectivity index (χ3n) is 4.71. The predicted octanol–water partition coefficient (Wildman–Crippen LogP) is 5.02. The maximum Gasteiger partial charge on any atom is 0.188 e. The van der Waals surface area contributed by atoms with Crippen LogP contribution in [0.3, 0.4) is 0 Å². The Morgan fingerprint density at radius 3 is 2.76 bits per heavy atom. The molecule has 2 aromatic rings. The van der Waals surface area contributed by atoms with Gasteiger partial charge in [-0.1, -0.05) is 62.2 Å². The van der Waals surface area contributed by atoms with Gasteiger partial charge in [0.1, 0.15) is 0 Å². The van der Waals surface area contributed by atoms with Gasteiger partial charge < -0.3 is 0 Å². The molecule has 0 N–H and O–H groups in total. The molecule has 0 aliphatic carbocycles. The van der Waals surface area contributed by atoms with E-state index < -0.39 is 0 Å². The molecule has 1 aliphatic rings. The first-order chi connectivity index (χ1) is 12.2. The van der Waals surface area contributed by atoms with Crippen molar-refractivity contribution in [1.82, 2.24) is 14.9 Å². The van der Waals surface area contributed by atoms with E-state index in [-0.39, 0.29) is 0 Å². The summed E-state index contributed by atoms with van der Waals surface area (Å²) in [6.45, 7) is 7.39. The number of nitrogens with zero attached hydrogens (tertiary/aromatic N) is 3. The molecule has 3 rings (SSSR count). The Morgan fingerprint density at radius 2 is 1.92 bits per heavy atom. The summed E-state index contributed by atoms with van der Waals surface area (Å²) in [4.78, 5) is 11.9. The third-order valence-corrected chi connectivity index (χ3v) is 5.64. The zero-order chi connectivity index (χ0) is 17.5. The summed E-state index contributed by atoms with van der Waals surface area (Å²) in [5.41, 5.74) is 5.20. The Bertz CT molecular complexity index is 687. The zero-order valence-corrected chi connectivity index (χ0v) is 16.3. The van der Waals surface area contributed by atoms with E-state index in [2.05, 4.69) is 54.1 Å². The van der Waals surface area contributed by atoms with Crippen molar-refractivity contribution >= 4 is 11.8 Å². The van der Waals surface area contributed by atoms with Crippen molar-refractivity contribution in [1.29, 1.82) is 0 Å². The number of unbranched alkanes of at least 4 members (excludes halogenated alkanes) is 3. The van der Waals surface area contributed by atoms with Crippen molar-refractivity contribution in [2.24, 2.45) is 0 Å². The maximum absolute atomic E-state index is 4.81. The second-order valence-corrected chi connectivity index (χ2v) is 7.98. The van der Waals surface area contributed by atoms with Crippen molar-refractivity contribution in [2.45, 2.75) is 64.2 Å². The second kappa shape index (κ2) is 9.35. The van der Waals surface area contributed by atoms with Crippen molar-refractivity contribution in [3.63, 3.8) is 0 Å². The lowest BCUT2D eigenvalue weighted by Crippen LogP contribution is -2.30. The van der Waals surface area contributed by atoms with Crippen LogP contribution in [0.4, 0.5) is 0 Å². The van der Waals surface area contributed by atoms with E-state index >= 15 is 0 Å². The van der Waals surface area contributed by atoms with Gasteiger partial charge in [-0.25, -0.2) is 9.97 Å². The molecule has 0 radical (unpaired) electrons. The van der Waals surface area contributed by atoms with Gasteiger partial charge in [0, 0.05) is 31.1 Å². The maximum atomic E-state index is 4.81. The van der Waals surface area contributed by atoms with E-state index in [1.807, 2.05) is 11.8 Å². The Morgan fingerprint density at radius 1 is 1.08 bits per heavy atom. The summed E-state index contributed by atoms with van der Waals surface area (Å²) in [6, 6.07) is 10.9. The number of benzene rings is 1. The monoisotopic (exact) mass is 355 g/mol. The van der Waals surface area contributed by atoms with Gasteiger partial charge in [-0.15, -0.1) is 0 Å². The van der Waals surface area contributed by atoms with Crippen LogP contribution in [0, 0.1) is 6.92 Å². The second-order valence-electron chi connectivity index (χ2n) is 6.92. The van der Waals surface area contributed by atoms with E-state index in [9.17, 15) is 0 Å². The molecule has 0 amide bonds. The Kier molecular flexibility index (Phi) is 6.88. The summed E-state index contributed by atoms with van der Waals surface area (Å²) >= 11 is 1.81. The molecule has 134 valence electrons. The smallest absolute Gasteiger partial charge is 0.188 e. The van der Waals surface area contributed by atoms with Crippen LogP contribution in [0.5, 0.6) is 0 Å². The predicted molar refractivity (Wildman–Crippen MR) is 106 cm³/mol. The molecular weight excluding hydrogens is 326 g/mol. The average Bonchev–Trinajstić information content (AvgIpc) is 2.61. The highest BCUT2D eigenvalue weighted by Gasteiger charge is 2.16. The van der Waals surface area contributed by atoms with Gasteiger partial charge in [0.25, 0.3) is 0 Å². The van der Waals surface area contributed by atoms with Crippen LogP contribution in [0.15, 0.2) is 35.5 Å². The minimum atomic E-state index is 0.918. The van der Waals surface area contributed by atoms with Gasteiger partial charge in [-0.2, -0.15) is 0 Å². The molecule has 3 nitrogen and oxygen atoms in total. The number of aromatic nitrogens is 2. The normalized spacial score (nSPS) is 14.5. The van der Waals surface area contributed by atoms with Gasteiger partial charge in [0.15, 0.2) is 5.16 Å². The summed E-state index contributed by atoms with van der Waals surface area (Å²) in [5.74, 6) is 1.12. The van der Waals surface area contributed by atoms with E-state index in [1.165, 1.54) is 36.8 Å². The van der Waals surface area contributed by atoms with Crippen LogP contribution >= 0.6 is 11.8 Å². The molecule has 0 saturated carbocycles. The topological polar surface area (TPSA) is 29.0 Å². The number of hydrogen-bond acceptors (Lipinski definition) is 4. The van der Waals surface area contributed by atoms with Crippen LogP contribution < -0.4 is 0 Å². The van der Waals surface area contributed by atoms with Gasteiger partial charge in [-0.05, 0) is 37.0 Å². The van der Waals surface area contributed by atoms with Gasteiger partial charge >= 0.3 is 0 Å². The van der Waals surface area contributed by atoms with Crippen LogP contribution in [0.1, 0.15) is 55.1 Å².